The average Bonchev–Trinajstić information content (AvgIpc) is 2.77. The van der Waals surface area contributed by atoms with Gasteiger partial charge in [-0.05, 0) is 64.3 Å². The molecular weight excluding hydrogens is 328 g/mol. The number of hydrogen-bond donors (Lipinski definition) is 1. The summed E-state index contributed by atoms with van der Waals surface area (Å²) in [6.07, 6.45) is 2.19. The molecule has 1 fully saturated rings. The van der Waals surface area contributed by atoms with Gasteiger partial charge in [-0.1, -0.05) is 11.6 Å². The number of piperidine rings is 1. The summed E-state index contributed by atoms with van der Waals surface area (Å²) in [5.74, 6) is 0.382. The van der Waals surface area contributed by atoms with Crippen LogP contribution in [-0.4, -0.2) is 38.4 Å². The van der Waals surface area contributed by atoms with Gasteiger partial charge in [0.15, 0.2) is 0 Å². The molecule has 2 heterocycles. The number of nitrogens with zero attached hydrogens (tertiary/aromatic N) is 1. The number of nitrogens with one attached hydrogen (secondary N) is 1. The lowest BCUT2D eigenvalue weighted by atomic mass is 9.99. The quantitative estimate of drug-likeness (QED) is 0.887. The van der Waals surface area contributed by atoms with E-state index in [1.165, 1.54) is 0 Å². The van der Waals surface area contributed by atoms with Crippen LogP contribution in [0.15, 0.2) is 10.3 Å². The molecule has 1 aliphatic rings. The van der Waals surface area contributed by atoms with Gasteiger partial charge in [-0.15, -0.1) is 11.3 Å². The molecule has 120 valence electrons. The second kappa shape index (κ2) is 6.96. The Balaban J connectivity index is 2.23. The molecule has 4 nitrogen and oxygen atoms in total. The third kappa shape index (κ3) is 3.99. The first-order valence-electron chi connectivity index (χ1n) is 7.31. The maximum atomic E-state index is 12.9. The first-order chi connectivity index (χ1) is 9.82. The van der Waals surface area contributed by atoms with Crippen molar-refractivity contribution in [2.75, 3.05) is 19.6 Å². The standard InChI is InChI=1S/C14H23ClN2O2S2/c1-10(2)17(9-12-5-4-6-16-8-12)21(18,19)13-7-11(3)14(15)20-13/h7,10,12,16H,4-6,8-9H2,1-3H3. The molecule has 1 N–H and O–H groups in total. The van der Waals surface area contributed by atoms with Gasteiger partial charge in [-0.3, -0.25) is 0 Å². The zero-order valence-corrected chi connectivity index (χ0v) is 15.1. The number of thiophene rings is 1. The van der Waals surface area contributed by atoms with Gasteiger partial charge in [0.25, 0.3) is 10.0 Å². The van der Waals surface area contributed by atoms with Crippen LogP contribution in [0.1, 0.15) is 32.3 Å². The summed E-state index contributed by atoms with van der Waals surface area (Å²) in [4.78, 5) is 0. The van der Waals surface area contributed by atoms with Gasteiger partial charge >= 0.3 is 0 Å². The molecule has 0 aliphatic carbocycles. The normalized spacial score (nSPS) is 20.4. The molecule has 1 aliphatic heterocycles. The molecule has 7 heteroatoms. The van der Waals surface area contributed by atoms with Crippen molar-refractivity contribution >= 4 is 33.0 Å². The van der Waals surface area contributed by atoms with Crippen molar-refractivity contribution in [3.63, 3.8) is 0 Å². The van der Waals surface area contributed by atoms with E-state index in [9.17, 15) is 8.42 Å². The van der Waals surface area contributed by atoms with Crippen LogP contribution in [0.5, 0.6) is 0 Å². The highest BCUT2D eigenvalue weighted by atomic mass is 35.5. The van der Waals surface area contributed by atoms with Gasteiger partial charge in [-0.2, -0.15) is 4.31 Å². The molecule has 2 rings (SSSR count). The summed E-state index contributed by atoms with van der Waals surface area (Å²) in [6.45, 7) is 8.18. The van der Waals surface area contributed by atoms with Crippen LogP contribution in [0, 0.1) is 12.8 Å². The van der Waals surface area contributed by atoms with Gasteiger partial charge in [0.2, 0.25) is 0 Å². The van der Waals surface area contributed by atoms with Crippen molar-refractivity contribution in [3.05, 3.63) is 16.0 Å². The van der Waals surface area contributed by atoms with Crippen LogP contribution >= 0.6 is 22.9 Å². The van der Waals surface area contributed by atoms with Gasteiger partial charge in [-0.25, -0.2) is 8.42 Å². The first kappa shape index (κ1) is 17.2. The van der Waals surface area contributed by atoms with Gasteiger partial charge in [0.05, 0.1) is 4.34 Å². The van der Waals surface area contributed by atoms with Crippen LogP contribution in [-0.2, 0) is 10.0 Å². The van der Waals surface area contributed by atoms with Crippen molar-refractivity contribution in [2.45, 2.75) is 43.9 Å². The molecule has 1 atom stereocenters. The van der Waals surface area contributed by atoms with E-state index in [0.29, 0.717) is 21.0 Å². The fraction of sp³-hybridized carbons (Fsp3) is 0.714. The van der Waals surface area contributed by atoms with Gasteiger partial charge in [0, 0.05) is 12.6 Å². The van der Waals surface area contributed by atoms with Crippen molar-refractivity contribution in [3.8, 4) is 0 Å². The lowest BCUT2D eigenvalue weighted by Crippen LogP contribution is -2.43. The molecule has 0 bridgehead atoms. The van der Waals surface area contributed by atoms with Crippen LogP contribution in [0.2, 0.25) is 4.34 Å². The van der Waals surface area contributed by atoms with E-state index in [0.717, 1.165) is 42.8 Å². The van der Waals surface area contributed by atoms with Crippen LogP contribution < -0.4 is 5.32 Å². The third-order valence-electron chi connectivity index (χ3n) is 3.81. The SMILES string of the molecule is Cc1cc(S(=O)(=O)N(CC2CCCNC2)C(C)C)sc1Cl. The zero-order chi connectivity index (χ0) is 15.6. The van der Waals surface area contributed by atoms with E-state index in [1.54, 1.807) is 10.4 Å². The van der Waals surface area contributed by atoms with E-state index < -0.39 is 10.0 Å². The fourth-order valence-electron chi connectivity index (χ4n) is 2.60. The second-order valence-electron chi connectivity index (χ2n) is 5.90. The van der Waals surface area contributed by atoms with Crippen LogP contribution in [0.4, 0.5) is 0 Å². The molecular formula is C14H23ClN2O2S2. The number of halogens is 1. The third-order valence-corrected chi connectivity index (χ3v) is 7.86. The number of aryl methyl sites for hydroxylation is 1. The molecule has 0 amide bonds. The first-order valence-corrected chi connectivity index (χ1v) is 9.94. The highest BCUT2D eigenvalue weighted by Crippen LogP contribution is 2.33. The molecule has 21 heavy (non-hydrogen) atoms. The van der Waals surface area contributed by atoms with Crippen molar-refractivity contribution in [1.82, 2.24) is 9.62 Å². The van der Waals surface area contributed by atoms with Gasteiger partial charge in [0.1, 0.15) is 4.21 Å². The van der Waals surface area contributed by atoms with Crippen molar-refractivity contribution < 1.29 is 8.42 Å². The summed E-state index contributed by atoms with van der Waals surface area (Å²) in [6, 6.07) is 1.62. The molecule has 0 radical (unpaired) electrons. The zero-order valence-electron chi connectivity index (χ0n) is 12.7. The summed E-state index contributed by atoms with van der Waals surface area (Å²) in [5, 5.41) is 3.34. The lowest BCUT2D eigenvalue weighted by molar-refractivity contribution is 0.264. The van der Waals surface area contributed by atoms with E-state index in [4.69, 9.17) is 11.6 Å². The van der Waals surface area contributed by atoms with E-state index in [1.807, 2.05) is 20.8 Å². The molecule has 0 spiro atoms. The number of rotatable bonds is 5. The van der Waals surface area contributed by atoms with Crippen molar-refractivity contribution in [2.24, 2.45) is 5.92 Å². The summed E-state index contributed by atoms with van der Waals surface area (Å²) < 4.78 is 28.3. The minimum absolute atomic E-state index is 0.0573. The fourth-order valence-corrected chi connectivity index (χ4v) is 6.15. The highest BCUT2D eigenvalue weighted by molar-refractivity contribution is 7.91. The van der Waals surface area contributed by atoms with Crippen LogP contribution in [0.3, 0.4) is 0 Å². The minimum Gasteiger partial charge on any atom is -0.316 e. The Labute approximate surface area is 136 Å². The minimum atomic E-state index is -3.46. The van der Waals surface area contributed by atoms with E-state index in [-0.39, 0.29) is 6.04 Å². The Morgan fingerprint density at radius 3 is 2.71 bits per heavy atom. The smallest absolute Gasteiger partial charge is 0.252 e. The molecule has 1 aromatic heterocycles. The summed E-state index contributed by atoms with van der Waals surface area (Å²) >= 11 is 7.19. The molecule has 0 saturated carbocycles. The second-order valence-corrected chi connectivity index (χ2v) is 9.67. The van der Waals surface area contributed by atoms with E-state index in [2.05, 4.69) is 5.32 Å². The summed E-state index contributed by atoms with van der Waals surface area (Å²) in [7, 11) is -3.46. The molecule has 1 aromatic rings. The monoisotopic (exact) mass is 350 g/mol. The van der Waals surface area contributed by atoms with Gasteiger partial charge < -0.3 is 5.32 Å². The Bertz CT molecular complexity index is 558. The lowest BCUT2D eigenvalue weighted by Gasteiger charge is -2.31. The van der Waals surface area contributed by atoms with E-state index >= 15 is 0 Å². The predicted molar refractivity (Wildman–Crippen MR) is 88.7 cm³/mol. The molecule has 0 aromatic carbocycles. The Morgan fingerprint density at radius 2 is 2.24 bits per heavy atom. The molecule has 1 unspecified atom stereocenters. The topological polar surface area (TPSA) is 49.4 Å². The number of hydrogen-bond acceptors (Lipinski definition) is 4. The maximum absolute atomic E-state index is 12.9. The highest BCUT2D eigenvalue weighted by Gasteiger charge is 2.31. The summed E-state index contributed by atoms with van der Waals surface area (Å²) in [5.41, 5.74) is 0.822. The van der Waals surface area contributed by atoms with Crippen molar-refractivity contribution in [1.29, 1.82) is 0 Å². The Morgan fingerprint density at radius 1 is 1.52 bits per heavy atom. The average molecular weight is 351 g/mol. The molecule has 1 saturated heterocycles. The number of sulfonamides is 1. The predicted octanol–water partition coefficient (Wildman–Crippen LogP) is 3.11. The Hall–Kier alpha value is -0.140. The maximum Gasteiger partial charge on any atom is 0.252 e. The van der Waals surface area contributed by atoms with Crippen LogP contribution in [0.25, 0.3) is 0 Å². The largest absolute Gasteiger partial charge is 0.316 e. The Kier molecular flexibility index (Phi) is 5.71.